The predicted molar refractivity (Wildman–Crippen MR) is 105 cm³/mol. The van der Waals surface area contributed by atoms with Crippen LogP contribution in [0.5, 0.6) is 5.75 Å². The lowest BCUT2D eigenvalue weighted by Crippen LogP contribution is -2.43. The molecule has 0 radical (unpaired) electrons. The molecule has 2 N–H and O–H groups in total. The second-order valence-electron chi connectivity index (χ2n) is 5.05. The summed E-state index contributed by atoms with van der Waals surface area (Å²) in [4.78, 5) is 17.7. The van der Waals surface area contributed by atoms with Gasteiger partial charge in [0.25, 0.3) is 0 Å². The van der Waals surface area contributed by atoms with Gasteiger partial charge < -0.3 is 20.3 Å². The van der Waals surface area contributed by atoms with Crippen LogP contribution in [0.3, 0.4) is 0 Å². The Morgan fingerprint density at radius 1 is 1.26 bits per heavy atom. The van der Waals surface area contributed by atoms with Crippen molar-refractivity contribution in [3.05, 3.63) is 29.8 Å². The lowest BCUT2D eigenvalue weighted by molar-refractivity contribution is -0.127. The van der Waals surface area contributed by atoms with E-state index in [-0.39, 0.29) is 36.4 Å². The van der Waals surface area contributed by atoms with E-state index in [4.69, 9.17) is 4.74 Å². The average molecular weight is 434 g/mol. The van der Waals surface area contributed by atoms with Gasteiger partial charge in [-0.05, 0) is 12.5 Å². The van der Waals surface area contributed by atoms with E-state index < -0.39 is 0 Å². The van der Waals surface area contributed by atoms with Crippen LogP contribution in [0.2, 0.25) is 0 Å². The highest BCUT2D eigenvalue weighted by Gasteiger charge is 2.06. The van der Waals surface area contributed by atoms with Crippen molar-refractivity contribution in [2.75, 3.05) is 34.3 Å². The number of para-hydroxylation sites is 1. The fourth-order valence-electron chi connectivity index (χ4n) is 1.73. The van der Waals surface area contributed by atoms with E-state index in [0.29, 0.717) is 12.5 Å². The molecule has 0 aromatic heterocycles. The molecule has 7 heteroatoms. The van der Waals surface area contributed by atoms with Crippen LogP contribution in [0.25, 0.3) is 0 Å². The number of amides is 1. The van der Waals surface area contributed by atoms with Gasteiger partial charge in [0.05, 0.1) is 20.2 Å². The first-order valence-electron chi connectivity index (χ1n) is 7.42. The van der Waals surface area contributed by atoms with Gasteiger partial charge in [0, 0.05) is 26.2 Å². The molecular formula is C16H27IN4O2. The molecule has 1 aromatic carbocycles. The van der Waals surface area contributed by atoms with E-state index in [9.17, 15) is 4.79 Å². The topological polar surface area (TPSA) is 66.0 Å². The third-order valence-electron chi connectivity index (χ3n) is 3.05. The highest BCUT2D eigenvalue weighted by Crippen LogP contribution is 2.17. The third kappa shape index (κ3) is 8.06. The van der Waals surface area contributed by atoms with Gasteiger partial charge in [-0.1, -0.05) is 25.1 Å². The summed E-state index contributed by atoms with van der Waals surface area (Å²) in [5.41, 5.74) is 1.00. The Morgan fingerprint density at radius 2 is 1.96 bits per heavy atom. The van der Waals surface area contributed by atoms with Crippen molar-refractivity contribution in [1.82, 2.24) is 15.5 Å². The number of halogens is 1. The Balaban J connectivity index is 0.00000484. The SMILES string of the molecule is CCCNC(=NCc1ccccc1OC)NCC(=O)N(C)C.I. The Hall–Kier alpha value is -1.51. The summed E-state index contributed by atoms with van der Waals surface area (Å²) in [6, 6.07) is 7.77. The fourth-order valence-corrected chi connectivity index (χ4v) is 1.73. The average Bonchev–Trinajstić information content (AvgIpc) is 2.53. The van der Waals surface area contributed by atoms with E-state index in [1.165, 1.54) is 0 Å². The van der Waals surface area contributed by atoms with Gasteiger partial charge in [-0.3, -0.25) is 4.79 Å². The molecule has 130 valence electrons. The zero-order chi connectivity index (χ0) is 16.4. The molecule has 1 aromatic rings. The number of carbonyl (C=O) groups is 1. The largest absolute Gasteiger partial charge is 0.496 e. The molecule has 0 saturated carbocycles. The van der Waals surface area contributed by atoms with Crippen molar-refractivity contribution < 1.29 is 9.53 Å². The van der Waals surface area contributed by atoms with Crippen molar-refractivity contribution >= 4 is 35.8 Å². The van der Waals surface area contributed by atoms with Crippen LogP contribution in [0, 0.1) is 0 Å². The molecule has 0 atom stereocenters. The van der Waals surface area contributed by atoms with E-state index in [0.717, 1.165) is 24.3 Å². The lowest BCUT2D eigenvalue weighted by atomic mass is 10.2. The first-order valence-corrected chi connectivity index (χ1v) is 7.42. The smallest absolute Gasteiger partial charge is 0.241 e. The maximum absolute atomic E-state index is 11.7. The minimum absolute atomic E-state index is 0. The Kier molecular flexibility index (Phi) is 11.2. The number of nitrogens with one attached hydrogen (secondary N) is 2. The van der Waals surface area contributed by atoms with E-state index in [1.807, 2.05) is 24.3 Å². The minimum atomic E-state index is 0. The summed E-state index contributed by atoms with van der Waals surface area (Å²) in [5, 5.41) is 6.25. The Bertz CT molecular complexity index is 507. The number of hydrogen-bond acceptors (Lipinski definition) is 3. The molecular weight excluding hydrogens is 407 g/mol. The molecule has 0 aliphatic rings. The molecule has 23 heavy (non-hydrogen) atoms. The number of carbonyl (C=O) groups excluding carboxylic acids is 1. The number of likely N-dealkylation sites (N-methyl/N-ethyl adjacent to an activating group) is 1. The summed E-state index contributed by atoms with van der Waals surface area (Å²) in [6.07, 6.45) is 0.983. The molecule has 6 nitrogen and oxygen atoms in total. The predicted octanol–water partition coefficient (Wildman–Crippen LogP) is 1.85. The lowest BCUT2D eigenvalue weighted by Gasteiger charge is -2.15. The zero-order valence-corrected chi connectivity index (χ0v) is 16.6. The van der Waals surface area contributed by atoms with Gasteiger partial charge in [-0.2, -0.15) is 0 Å². The number of ether oxygens (including phenoxy) is 1. The molecule has 0 saturated heterocycles. The van der Waals surface area contributed by atoms with Crippen LogP contribution in [0.1, 0.15) is 18.9 Å². The van der Waals surface area contributed by atoms with Crippen LogP contribution >= 0.6 is 24.0 Å². The molecule has 0 fully saturated rings. The summed E-state index contributed by atoms with van der Waals surface area (Å²) < 4.78 is 5.32. The molecule has 0 spiro atoms. The molecule has 0 heterocycles. The number of hydrogen-bond donors (Lipinski definition) is 2. The number of guanidine groups is 1. The first kappa shape index (κ1) is 21.5. The van der Waals surface area contributed by atoms with Crippen LogP contribution in [0.4, 0.5) is 0 Å². The highest BCUT2D eigenvalue weighted by atomic mass is 127. The third-order valence-corrected chi connectivity index (χ3v) is 3.05. The monoisotopic (exact) mass is 434 g/mol. The van der Waals surface area contributed by atoms with E-state index in [1.54, 1.807) is 26.1 Å². The zero-order valence-electron chi connectivity index (χ0n) is 14.3. The van der Waals surface area contributed by atoms with Crippen molar-refractivity contribution in [3.8, 4) is 5.75 Å². The second kappa shape index (κ2) is 12.0. The Morgan fingerprint density at radius 3 is 2.57 bits per heavy atom. The summed E-state index contributed by atoms with van der Waals surface area (Å²) in [6.45, 7) is 3.58. The van der Waals surface area contributed by atoms with Crippen LogP contribution in [0.15, 0.2) is 29.3 Å². The first-order chi connectivity index (χ1) is 10.6. The second-order valence-corrected chi connectivity index (χ2v) is 5.05. The van der Waals surface area contributed by atoms with Gasteiger partial charge >= 0.3 is 0 Å². The molecule has 1 amide bonds. The standard InChI is InChI=1S/C16H26N4O2.HI/c1-5-10-17-16(19-12-15(21)20(2)3)18-11-13-8-6-7-9-14(13)22-4;/h6-9H,5,10-12H2,1-4H3,(H2,17,18,19);1H. The normalized spacial score (nSPS) is 10.5. The van der Waals surface area contributed by atoms with Crippen molar-refractivity contribution in [1.29, 1.82) is 0 Å². The maximum Gasteiger partial charge on any atom is 0.241 e. The maximum atomic E-state index is 11.7. The van der Waals surface area contributed by atoms with Gasteiger partial charge in [-0.15, -0.1) is 24.0 Å². The van der Waals surface area contributed by atoms with Crippen LogP contribution < -0.4 is 15.4 Å². The number of nitrogens with zero attached hydrogens (tertiary/aromatic N) is 2. The molecule has 0 bridgehead atoms. The number of aliphatic imine (C=N–C) groups is 1. The quantitative estimate of drug-likeness (QED) is 0.391. The summed E-state index contributed by atoms with van der Waals surface area (Å²) >= 11 is 0. The minimum Gasteiger partial charge on any atom is -0.496 e. The van der Waals surface area contributed by atoms with Gasteiger partial charge in [0.15, 0.2) is 5.96 Å². The van der Waals surface area contributed by atoms with E-state index >= 15 is 0 Å². The number of methoxy groups -OCH3 is 1. The van der Waals surface area contributed by atoms with Gasteiger partial charge in [0.2, 0.25) is 5.91 Å². The van der Waals surface area contributed by atoms with Gasteiger partial charge in [0.1, 0.15) is 5.75 Å². The van der Waals surface area contributed by atoms with Crippen LogP contribution in [-0.4, -0.2) is 51.1 Å². The number of rotatable bonds is 7. The van der Waals surface area contributed by atoms with E-state index in [2.05, 4.69) is 22.5 Å². The highest BCUT2D eigenvalue weighted by molar-refractivity contribution is 14.0. The number of benzene rings is 1. The summed E-state index contributed by atoms with van der Waals surface area (Å²) in [5.74, 6) is 1.44. The fraction of sp³-hybridized carbons (Fsp3) is 0.500. The summed E-state index contributed by atoms with van der Waals surface area (Å²) in [7, 11) is 5.11. The van der Waals surface area contributed by atoms with Crippen LogP contribution in [-0.2, 0) is 11.3 Å². The van der Waals surface area contributed by atoms with Crippen molar-refractivity contribution in [3.63, 3.8) is 0 Å². The van der Waals surface area contributed by atoms with Gasteiger partial charge in [-0.25, -0.2) is 4.99 Å². The Labute approximate surface area is 155 Å². The molecule has 0 unspecified atom stereocenters. The van der Waals surface area contributed by atoms with Crippen molar-refractivity contribution in [2.24, 2.45) is 4.99 Å². The molecule has 0 aliphatic heterocycles. The van der Waals surface area contributed by atoms with Crippen molar-refractivity contribution in [2.45, 2.75) is 19.9 Å². The molecule has 1 rings (SSSR count). The molecule has 0 aliphatic carbocycles.